The standard InChI is InChI=1S/C22H28N6O2/c1-15-10-23-19-6-5-17(9-18(15)19)12-24-20(29)13-28-16(2)11-25-21(22(28)30)26-14-27-7-3-4-8-27/h5-6,9-11,23H,3-4,7-8,12-14H2,1-2H3,(H,24,29)(H,25,26). The molecular weight excluding hydrogens is 380 g/mol. The highest BCUT2D eigenvalue weighted by Crippen LogP contribution is 2.18. The van der Waals surface area contributed by atoms with Gasteiger partial charge in [-0.3, -0.25) is 19.1 Å². The first-order valence-corrected chi connectivity index (χ1v) is 10.4. The van der Waals surface area contributed by atoms with Crippen molar-refractivity contribution in [2.45, 2.75) is 39.8 Å². The van der Waals surface area contributed by atoms with Gasteiger partial charge in [0.25, 0.3) is 5.56 Å². The van der Waals surface area contributed by atoms with E-state index in [9.17, 15) is 9.59 Å². The summed E-state index contributed by atoms with van der Waals surface area (Å²) in [5.74, 6) is 0.0801. The first-order valence-electron chi connectivity index (χ1n) is 10.4. The minimum absolute atomic E-state index is 0.0307. The second kappa shape index (κ2) is 8.71. The number of likely N-dealkylation sites (tertiary alicyclic amines) is 1. The lowest BCUT2D eigenvalue weighted by atomic mass is 10.1. The summed E-state index contributed by atoms with van der Waals surface area (Å²) >= 11 is 0. The van der Waals surface area contributed by atoms with Crippen molar-refractivity contribution in [2.24, 2.45) is 0 Å². The Morgan fingerprint density at radius 2 is 2.03 bits per heavy atom. The number of carbonyl (C=O) groups excluding carboxylic acids is 1. The molecule has 0 spiro atoms. The van der Waals surface area contributed by atoms with Gasteiger partial charge in [-0.1, -0.05) is 6.07 Å². The zero-order valence-corrected chi connectivity index (χ0v) is 17.5. The fraction of sp³-hybridized carbons (Fsp3) is 0.409. The number of benzene rings is 1. The van der Waals surface area contributed by atoms with Crippen molar-refractivity contribution in [3.8, 4) is 0 Å². The molecule has 30 heavy (non-hydrogen) atoms. The fourth-order valence-corrected chi connectivity index (χ4v) is 3.83. The van der Waals surface area contributed by atoms with E-state index < -0.39 is 0 Å². The Hall–Kier alpha value is -3.13. The van der Waals surface area contributed by atoms with Crippen molar-refractivity contribution in [1.82, 2.24) is 24.8 Å². The van der Waals surface area contributed by atoms with Crippen molar-refractivity contribution in [3.63, 3.8) is 0 Å². The molecular formula is C22H28N6O2. The molecule has 3 N–H and O–H groups in total. The number of rotatable bonds is 7. The largest absolute Gasteiger partial charge is 0.361 e. The predicted molar refractivity (Wildman–Crippen MR) is 117 cm³/mol. The van der Waals surface area contributed by atoms with Crippen LogP contribution in [0, 0.1) is 13.8 Å². The number of amides is 1. The molecule has 0 atom stereocenters. The first-order chi connectivity index (χ1) is 14.5. The number of hydrogen-bond donors (Lipinski definition) is 3. The van der Waals surface area contributed by atoms with Gasteiger partial charge in [0.1, 0.15) is 6.54 Å². The first kappa shape index (κ1) is 20.2. The maximum absolute atomic E-state index is 12.8. The monoisotopic (exact) mass is 408 g/mol. The smallest absolute Gasteiger partial charge is 0.294 e. The summed E-state index contributed by atoms with van der Waals surface area (Å²) in [5.41, 5.74) is 3.66. The molecule has 2 aromatic heterocycles. The molecule has 3 heterocycles. The molecule has 0 aliphatic carbocycles. The van der Waals surface area contributed by atoms with Crippen molar-refractivity contribution in [2.75, 3.05) is 25.1 Å². The zero-order valence-electron chi connectivity index (χ0n) is 17.5. The average molecular weight is 409 g/mol. The summed E-state index contributed by atoms with van der Waals surface area (Å²) in [6, 6.07) is 6.08. The number of aromatic nitrogens is 3. The van der Waals surface area contributed by atoms with Crippen LogP contribution in [0.1, 0.15) is 29.7 Å². The predicted octanol–water partition coefficient (Wildman–Crippen LogP) is 2.12. The molecule has 3 aromatic rings. The Labute approximate surface area is 175 Å². The van der Waals surface area contributed by atoms with E-state index in [-0.39, 0.29) is 23.8 Å². The van der Waals surface area contributed by atoms with Crippen LogP contribution < -0.4 is 16.2 Å². The number of H-pyrrole nitrogens is 1. The van der Waals surface area contributed by atoms with E-state index in [0.717, 1.165) is 29.6 Å². The molecule has 0 bridgehead atoms. The Bertz CT molecular complexity index is 1110. The lowest BCUT2D eigenvalue weighted by Gasteiger charge is -2.17. The van der Waals surface area contributed by atoms with E-state index in [1.54, 1.807) is 13.1 Å². The van der Waals surface area contributed by atoms with Crippen LogP contribution in [-0.2, 0) is 17.9 Å². The number of aromatic amines is 1. The van der Waals surface area contributed by atoms with Gasteiger partial charge in [-0.05, 0) is 63.0 Å². The molecule has 1 amide bonds. The van der Waals surface area contributed by atoms with Gasteiger partial charge in [-0.25, -0.2) is 4.98 Å². The van der Waals surface area contributed by atoms with Crippen molar-refractivity contribution in [1.29, 1.82) is 0 Å². The van der Waals surface area contributed by atoms with E-state index in [0.29, 0.717) is 18.9 Å². The maximum atomic E-state index is 12.8. The molecule has 1 saturated heterocycles. The van der Waals surface area contributed by atoms with E-state index >= 15 is 0 Å². The van der Waals surface area contributed by atoms with Gasteiger partial charge in [0.05, 0.1) is 6.67 Å². The van der Waals surface area contributed by atoms with Crippen LogP contribution in [0.2, 0.25) is 0 Å². The summed E-state index contributed by atoms with van der Waals surface area (Å²) in [5, 5.41) is 7.19. The SMILES string of the molecule is Cc1c[nH]c2ccc(CNC(=O)Cn3c(C)cnc(NCN4CCCC4)c3=O)cc12. The molecule has 1 aromatic carbocycles. The molecule has 0 unspecified atom stereocenters. The third-order valence-electron chi connectivity index (χ3n) is 5.67. The van der Waals surface area contributed by atoms with Gasteiger partial charge in [-0.15, -0.1) is 0 Å². The van der Waals surface area contributed by atoms with Crippen LogP contribution in [0.25, 0.3) is 10.9 Å². The van der Waals surface area contributed by atoms with Gasteiger partial charge in [0.2, 0.25) is 5.91 Å². The third-order valence-corrected chi connectivity index (χ3v) is 5.67. The van der Waals surface area contributed by atoms with Gasteiger partial charge in [0.15, 0.2) is 5.82 Å². The van der Waals surface area contributed by atoms with Gasteiger partial charge >= 0.3 is 0 Å². The fourth-order valence-electron chi connectivity index (χ4n) is 3.83. The van der Waals surface area contributed by atoms with Crippen LogP contribution in [0.4, 0.5) is 5.82 Å². The summed E-state index contributed by atoms with van der Waals surface area (Å²) in [7, 11) is 0. The number of aryl methyl sites for hydroxylation is 2. The Kier molecular flexibility index (Phi) is 5.85. The summed E-state index contributed by atoms with van der Waals surface area (Å²) in [4.78, 5) is 35.0. The molecule has 4 rings (SSSR count). The number of nitrogens with one attached hydrogen (secondary N) is 3. The Balaban J connectivity index is 1.39. The molecule has 0 saturated carbocycles. The second-order valence-electron chi connectivity index (χ2n) is 7.93. The maximum Gasteiger partial charge on any atom is 0.294 e. The van der Waals surface area contributed by atoms with Crippen LogP contribution in [0.15, 0.2) is 35.4 Å². The second-order valence-corrected chi connectivity index (χ2v) is 7.93. The van der Waals surface area contributed by atoms with Crippen molar-refractivity contribution < 1.29 is 4.79 Å². The molecule has 0 radical (unpaired) electrons. The summed E-state index contributed by atoms with van der Waals surface area (Å²) in [6.07, 6.45) is 5.97. The normalized spacial score (nSPS) is 14.3. The number of nitrogens with zero attached hydrogens (tertiary/aromatic N) is 3. The van der Waals surface area contributed by atoms with Crippen molar-refractivity contribution in [3.05, 3.63) is 57.8 Å². The Morgan fingerprint density at radius 3 is 2.83 bits per heavy atom. The minimum atomic E-state index is -0.270. The van der Waals surface area contributed by atoms with Crippen LogP contribution >= 0.6 is 0 Å². The topological polar surface area (TPSA) is 95.0 Å². The molecule has 1 fully saturated rings. The number of carbonyl (C=O) groups is 1. The highest BCUT2D eigenvalue weighted by atomic mass is 16.2. The van der Waals surface area contributed by atoms with Crippen LogP contribution in [0.3, 0.4) is 0 Å². The highest BCUT2D eigenvalue weighted by molar-refractivity contribution is 5.83. The highest BCUT2D eigenvalue weighted by Gasteiger charge is 2.14. The van der Waals surface area contributed by atoms with Crippen LogP contribution in [-0.4, -0.2) is 45.1 Å². The van der Waals surface area contributed by atoms with E-state index in [4.69, 9.17) is 0 Å². The van der Waals surface area contributed by atoms with E-state index in [1.807, 2.05) is 18.3 Å². The van der Waals surface area contributed by atoms with Crippen LogP contribution in [0.5, 0.6) is 0 Å². The number of anilines is 1. The molecule has 1 aliphatic rings. The lowest BCUT2D eigenvalue weighted by molar-refractivity contribution is -0.121. The average Bonchev–Trinajstić information content (AvgIpc) is 3.39. The summed E-state index contributed by atoms with van der Waals surface area (Å²) in [6.45, 7) is 6.88. The molecule has 8 nitrogen and oxygen atoms in total. The van der Waals surface area contributed by atoms with Gasteiger partial charge in [-0.2, -0.15) is 0 Å². The van der Waals surface area contributed by atoms with Crippen molar-refractivity contribution >= 4 is 22.6 Å². The van der Waals surface area contributed by atoms with Gasteiger partial charge in [0, 0.05) is 35.5 Å². The molecule has 158 valence electrons. The van der Waals surface area contributed by atoms with E-state index in [2.05, 4.69) is 38.5 Å². The molecule has 1 aliphatic heterocycles. The summed E-state index contributed by atoms with van der Waals surface area (Å²) < 4.78 is 1.47. The number of hydrogen-bond acceptors (Lipinski definition) is 5. The van der Waals surface area contributed by atoms with Gasteiger partial charge < -0.3 is 15.6 Å². The third kappa shape index (κ3) is 4.38. The lowest BCUT2D eigenvalue weighted by Crippen LogP contribution is -2.36. The quantitative estimate of drug-likeness (QED) is 0.557. The number of fused-ring (bicyclic) bond motifs is 1. The van der Waals surface area contributed by atoms with E-state index in [1.165, 1.54) is 23.0 Å². The molecule has 8 heteroatoms. The Morgan fingerprint density at radius 1 is 1.23 bits per heavy atom. The minimum Gasteiger partial charge on any atom is -0.361 e. The zero-order chi connectivity index (χ0) is 21.1.